The van der Waals surface area contributed by atoms with E-state index in [0.717, 1.165) is 69.8 Å². The number of aliphatic hydroxyl groups is 3. The Bertz CT molecular complexity index is 1290. The summed E-state index contributed by atoms with van der Waals surface area (Å²) in [6, 6.07) is 0. The van der Waals surface area contributed by atoms with Crippen molar-refractivity contribution in [2.75, 3.05) is 20.3 Å². The Morgan fingerprint density at radius 2 is 1.58 bits per heavy atom. The summed E-state index contributed by atoms with van der Waals surface area (Å²) >= 11 is 0. The number of ether oxygens (including phenoxy) is 2. The maximum Gasteiger partial charge on any atom is 0.323 e. The molecule has 0 radical (unpaired) electrons. The average molecular weight is 676 g/mol. The molecule has 6 aliphatic rings. The predicted molar refractivity (Wildman–Crippen MR) is 178 cm³/mol. The number of aliphatic hydroxyl groups excluding tert-OH is 3. The minimum absolute atomic E-state index is 0.0536. The molecule has 10 nitrogen and oxygen atoms in total. The quantitative estimate of drug-likeness (QED) is 0.166. The number of carboxylic acid groups (broad SMARTS) is 1. The number of carboxylic acids is 1. The molecule has 1 aliphatic heterocycles. The predicted octanol–water partition coefficient (Wildman–Crippen LogP) is 4.94. The lowest BCUT2D eigenvalue weighted by atomic mass is 9.32. The largest absolute Gasteiger partial charge is 0.481 e. The number of carbonyl (C=O) groups is 2. The highest BCUT2D eigenvalue weighted by Crippen LogP contribution is 2.77. The second-order valence-electron chi connectivity index (χ2n) is 18.0. The Labute approximate surface area is 286 Å². The van der Waals surface area contributed by atoms with Gasteiger partial charge in [0.25, 0.3) is 0 Å². The number of nitrogens with zero attached hydrogens (tertiary/aromatic N) is 1. The topological polar surface area (TPSA) is 146 Å². The fourth-order valence-electron chi connectivity index (χ4n) is 13.3. The molecule has 6 fully saturated rings. The number of esters is 1. The van der Waals surface area contributed by atoms with Gasteiger partial charge in [0.15, 0.2) is 6.23 Å². The van der Waals surface area contributed by atoms with Gasteiger partial charge in [-0.2, -0.15) is 0 Å². The number of fused-ring (bicyclic) bond motifs is 7. The summed E-state index contributed by atoms with van der Waals surface area (Å²) in [7, 11) is 1.37. The van der Waals surface area contributed by atoms with E-state index in [9.17, 15) is 30.0 Å². The molecule has 48 heavy (non-hydrogen) atoms. The van der Waals surface area contributed by atoms with Crippen molar-refractivity contribution < 1.29 is 44.3 Å². The summed E-state index contributed by atoms with van der Waals surface area (Å²) in [6.07, 6.45) is 3.94. The van der Waals surface area contributed by atoms with Gasteiger partial charge in [-0.25, -0.2) is 0 Å². The fraction of sp³-hybridized carbons (Fsp3) is 0.895. The van der Waals surface area contributed by atoms with Gasteiger partial charge in [0.1, 0.15) is 31.0 Å². The third-order valence-electron chi connectivity index (χ3n) is 16.0. The van der Waals surface area contributed by atoms with Crippen molar-refractivity contribution >= 4 is 11.9 Å². The van der Waals surface area contributed by atoms with Gasteiger partial charge in [-0.1, -0.05) is 46.8 Å². The highest BCUT2D eigenvalue weighted by atomic mass is 16.7. The third-order valence-corrected chi connectivity index (χ3v) is 16.0. The van der Waals surface area contributed by atoms with Crippen molar-refractivity contribution in [3.8, 4) is 0 Å². The Kier molecular flexibility index (Phi) is 9.28. The second kappa shape index (κ2) is 12.3. The monoisotopic (exact) mass is 675 g/mol. The van der Waals surface area contributed by atoms with E-state index in [2.05, 4.69) is 48.1 Å². The van der Waals surface area contributed by atoms with Crippen LogP contribution in [0.5, 0.6) is 0 Å². The molecule has 5 aliphatic carbocycles. The van der Waals surface area contributed by atoms with Crippen LogP contribution in [-0.2, 0) is 23.9 Å². The lowest BCUT2D eigenvalue weighted by molar-refractivity contribution is -0.305. The number of allylic oxidation sites excluding steroid dienone is 1. The van der Waals surface area contributed by atoms with Crippen molar-refractivity contribution in [1.29, 1.82) is 0 Å². The van der Waals surface area contributed by atoms with E-state index >= 15 is 0 Å². The lowest BCUT2D eigenvalue weighted by Crippen LogP contribution is -2.67. The van der Waals surface area contributed by atoms with Crippen LogP contribution in [0.1, 0.15) is 106 Å². The van der Waals surface area contributed by atoms with Gasteiger partial charge in [0.2, 0.25) is 0 Å². The number of aliphatic carboxylic acids is 1. The molecule has 272 valence electrons. The Hall–Kier alpha value is -1.56. The molecule has 0 bridgehead atoms. The normalized spacial score (nSPS) is 49.6. The van der Waals surface area contributed by atoms with Crippen LogP contribution in [-0.4, -0.2) is 88.3 Å². The van der Waals surface area contributed by atoms with Crippen molar-refractivity contribution in [3.05, 3.63) is 12.2 Å². The SMILES string of the molecule is C=C(C)[C@@H]1CC[C@]2(C(=O)O)CC[C@]3(C)C(CCC4[C@@]5(C)CC[C@H](OC(=O)CN(OC)C6OC[C@@H](O)[C@H](O)[C@H]6O)C(C)(C)C5CC[C@]43C)C12. The maximum atomic E-state index is 13.4. The zero-order valence-corrected chi connectivity index (χ0v) is 30.2. The van der Waals surface area contributed by atoms with Gasteiger partial charge in [-0.3, -0.25) is 14.4 Å². The van der Waals surface area contributed by atoms with Gasteiger partial charge in [-0.15, -0.1) is 5.06 Å². The molecule has 5 saturated carbocycles. The Morgan fingerprint density at radius 3 is 2.23 bits per heavy atom. The van der Waals surface area contributed by atoms with Crippen LogP contribution in [0.2, 0.25) is 0 Å². The molecule has 0 aromatic rings. The zero-order chi connectivity index (χ0) is 35.2. The molecule has 1 heterocycles. The van der Waals surface area contributed by atoms with E-state index in [4.69, 9.17) is 14.3 Å². The molecule has 6 rings (SSSR count). The van der Waals surface area contributed by atoms with Crippen LogP contribution in [0.4, 0.5) is 0 Å². The van der Waals surface area contributed by atoms with E-state index in [1.54, 1.807) is 0 Å². The van der Waals surface area contributed by atoms with E-state index in [-0.39, 0.29) is 52.8 Å². The minimum atomic E-state index is -1.45. The van der Waals surface area contributed by atoms with Crippen LogP contribution < -0.4 is 0 Å². The molecule has 10 heteroatoms. The van der Waals surface area contributed by atoms with Crippen molar-refractivity contribution in [1.82, 2.24) is 5.06 Å². The summed E-state index contributed by atoms with van der Waals surface area (Å²) in [5.41, 5.74) is 0.458. The van der Waals surface area contributed by atoms with Gasteiger partial charge in [-0.05, 0) is 117 Å². The Balaban J connectivity index is 1.20. The summed E-state index contributed by atoms with van der Waals surface area (Å²) < 4.78 is 11.7. The van der Waals surface area contributed by atoms with E-state index in [1.165, 1.54) is 12.2 Å². The van der Waals surface area contributed by atoms with Crippen molar-refractivity contribution in [2.45, 2.75) is 136 Å². The van der Waals surface area contributed by atoms with Crippen LogP contribution >= 0.6 is 0 Å². The maximum absolute atomic E-state index is 13.4. The first-order valence-corrected chi connectivity index (χ1v) is 18.4. The van der Waals surface area contributed by atoms with E-state index < -0.39 is 41.9 Å². The number of carbonyl (C=O) groups excluding carboxylic acids is 1. The molecule has 0 aromatic heterocycles. The van der Waals surface area contributed by atoms with Crippen molar-refractivity contribution in [3.63, 3.8) is 0 Å². The lowest BCUT2D eigenvalue weighted by Gasteiger charge is -2.72. The van der Waals surface area contributed by atoms with Crippen LogP contribution in [0.3, 0.4) is 0 Å². The molecule has 4 N–H and O–H groups in total. The summed E-state index contributed by atoms with van der Waals surface area (Å²) in [6.45, 7) is 18.0. The molecule has 1 saturated heterocycles. The number of rotatable bonds is 7. The molecule has 0 amide bonds. The summed E-state index contributed by atoms with van der Waals surface area (Å²) in [4.78, 5) is 31.7. The third kappa shape index (κ3) is 5.08. The molecule has 5 unspecified atom stereocenters. The number of hydrogen-bond acceptors (Lipinski definition) is 9. The van der Waals surface area contributed by atoms with Crippen LogP contribution in [0.15, 0.2) is 12.2 Å². The molecule has 0 spiro atoms. The highest BCUT2D eigenvalue weighted by Gasteiger charge is 2.72. The number of hydrogen-bond donors (Lipinski definition) is 4. The zero-order valence-electron chi connectivity index (χ0n) is 30.2. The highest BCUT2D eigenvalue weighted by molar-refractivity contribution is 5.76. The first-order valence-electron chi connectivity index (χ1n) is 18.4. The molecule has 0 aromatic carbocycles. The summed E-state index contributed by atoms with van der Waals surface area (Å²) in [5, 5.41) is 42.3. The smallest absolute Gasteiger partial charge is 0.323 e. The molecular formula is C38H61NO9. The first kappa shape index (κ1) is 36.2. The van der Waals surface area contributed by atoms with Crippen LogP contribution in [0.25, 0.3) is 0 Å². The minimum Gasteiger partial charge on any atom is -0.481 e. The first-order chi connectivity index (χ1) is 22.4. The van der Waals surface area contributed by atoms with Gasteiger partial charge in [0.05, 0.1) is 19.1 Å². The average Bonchev–Trinajstić information content (AvgIpc) is 3.42. The Morgan fingerprint density at radius 1 is 0.875 bits per heavy atom. The second-order valence-corrected chi connectivity index (χ2v) is 18.0. The van der Waals surface area contributed by atoms with E-state index in [0.29, 0.717) is 17.8 Å². The van der Waals surface area contributed by atoms with Crippen LogP contribution in [0, 0.1) is 56.7 Å². The van der Waals surface area contributed by atoms with Crippen molar-refractivity contribution in [2.24, 2.45) is 56.7 Å². The standard InChI is InChI=1S/C38H61NO9/c1-21(2)22-11-16-38(33(44)45)18-17-36(6)23(29(22)38)9-10-26-35(5)14-13-27(34(3,4)25(35)12-15-37(26,36)7)48-28(41)19-39(46-8)32-31(43)30(42)24(40)20-47-32/h22-27,29-32,40,42-43H,1,9-20H2,2-8H3,(H,44,45)/t22-,23?,24+,25?,26?,27-,29?,30-,31+,32?,35-,36+,37+,38-/m0/s1. The fourth-order valence-corrected chi connectivity index (χ4v) is 13.3. The number of hydroxylamine groups is 2. The molecular weight excluding hydrogens is 614 g/mol. The summed E-state index contributed by atoms with van der Waals surface area (Å²) in [5.74, 6) is 0.572. The van der Waals surface area contributed by atoms with E-state index in [1.807, 2.05) is 0 Å². The van der Waals surface area contributed by atoms with Gasteiger partial charge >= 0.3 is 11.9 Å². The van der Waals surface area contributed by atoms with Gasteiger partial charge in [0, 0.05) is 5.41 Å². The molecule has 14 atom stereocenters. The van der Waals surface area contributed by atoms with Gasteiger partial charge < -0.3 is 29.9 Å².